The van der Waals surface area contributed by atoms with Crippen LogP contribution in [0, 0.1) is 0 Å². The zero-order valence-electron chi connectivity index (χ0n) is 14.0. The maximum atomic E-state index is 12.8. The molecular weight excluding hydrogens is 314 g/mol. The van der Waals surface area contributed by atoms with Gasteiger partial charge in [0.15, 0.2) is 0 Å². The van der Waals surface area contributed by atoms with Crippen LogP contribution in [0.25, 0.3) is 5.57 Å². The number of fused-ring (bicyclic) bond motifs is 1. The largest absolute Gasteiger partial charge is 0.340 e. The normalized spacial score (nSPS) is 15.2. The highest BCUT2D eigenvalue weighted by Crippen LogP contribution is 2.33. The van der Waals surface area contributed by atoms with Crippen molar-refractivity contribution in [1.82, 2.24) is 9.13 Å². The molecule has 1 aliphatic heterocycles. The number of allylic oxidation sites excluding steroid dienone is 6. The van der Waals surface area contributed by atoms with Crippen molar-refractivity contribution < 1.29 is 0 Å². The Hall–Kier alpha value is -3.34. The highest BCUT2D eigenvalue weighted by molar-refractivity contribution is 5.90. The van der Waals surface area contributed by atoms with Crippen LogP contribution < -0.4 is 16.6 Å². The van der Waals surface area contributed by atoms with Gasteiger partial charge in [-0.1, -0.05) is 54.6 Å². The van der Waals surface area contributed by atoms with Gasteiger partial charge in [0.25, 0.3) is 5.56 Å². The summed E-state index contributed by atoms with van der Waals surface area (Å²) in [5.41, 5.74) is 3.46. The first-order valence-corrected chi connectivity index (χ1v) is 8.01. The number of nitrogens with zero attached hydrogens (tertiary/aromatic N) is 2. The summed E-state index contributed by atoms with van der Waals surface area (Å²) in [5.74, 6) is 0.519. The average molecular weight is 331 g/mol. The Morgan fingerprint density at radius 1 is 0.920 bits per heavy atom. The molecule has 0 saturated heterocycles. The monoisotopic (exact) mass is 331 g/mol. The molecule has 1 aromatic carbocycles. The van der Waals surface area contributed by atoms with E-state index in [9.17, 15) is 9.59 Å². The van der Waals surface area contributed by atoms with E-state index >= 15 is 0 Å². The lowest BCUT2D eigenvalue weighted by molar-refractivity contribution is 0.687. The van der Waals surface area contributed by atoms with Crippen molar-refractivity contribution in [2.75, 3.05) is 5.32 Å². The third kappa shape index (κ3) is 2.32. The van der Waals surface area contributed by atoms with Gasteiger partial charge in [-0.15, -0.1) is 0 Å². The SMILES string of the molecule is Cn1c2c(c(=O)n(C)c1=O)C(c1ccccc1)=CC(=C1C=CC=C1)N2. The third-order valence-electron chi connectivity index (χ3n) is 4.53. The fourth-order valence-electron chi connectivity index (χ4n) is 3.17. The summed E-state index contributed by atoms with van der Waals surface area (Å²) < 4.78 is 2.63. The van der Waals surface area contributed by atoms with E-state index in [1.165, 1.54) is 11.6 Å². The Morgan fingerprint density at radius 2 is 1.60 bits per heavy atom. The molecule has 0 amide bonds. The summed E-state index contributed by atoms with van der Waals surface area (Å²) in [6.45, 7) is 0. The van der Waals surface area contributed by atoms with Gasteiger partial charge < -0.3 is 5.32 Å². The van der Waals surface area contributed by atoms with Crippen molar-refractivity contribution in [2.45, 2.75) is 0 Å². The molecule has 25 heavy (non-hydrogen) atoms. The fourth-order valence-corrected chi connectivity index (χ4v) is 3.17. The lowest BCUT2D eigenvalue weighted by Gasteiger charge is -2.24. The van der Waals surface area contributed by atoms with Crippen molar-refractivity contribution >= 4 is 11.4 Å². The third-order valence-corrected chi connectivity index (χ3v) is 4.53. The molecule has 5 nitrogen and oxygen atoms in total. The van der Waals surface area contributed by atoms with E-state index in [0.717, 1.165) is 27.0 Å². The van der Waals surface area contributed by atoms with Gasteiger partial charge in [0.2, 0.25) is 0 Å². The highest BCUT2D eigenvalue weighted by Gasteiger charge is 2.25. The predicted octanol–water partition coefficient (Wildman–Crippen LogP) is 2.32. The Labute approximate surface area is 144 Å². The van der Waals surface area contributed by atoms with Gasteiger partial charge in [0.05, 0.1) is 5.56 Å². The molecule has 0 saturated carbocycles. The molecule has 0 spiro atoms. The van der Waals surface area contributed by atoms with Gasteiger partial charge in [-0.05, 0) is 17.2 Å². The Morgan fingerprint density at radius 3 is 2.28 bits per heavy atom. The first kappa shape index (κ1) is 15.2. The van der Waals surface area contributed by atoms with Crippen LogP contribution in [-0.4, -0.2) is 9.13 Å². The zero-order valence-corrected chi connectivity index (χ0v) is 14.0. The maximum absolute atomic E-state index is 12.8. The number of benzene rings is 1. The second-order valence-electron chi connectivity index (χ2n) is 6.07. The van der Waals surface area contributed by atoms with Crippen LogP contribution in [0.5, 0.6) is 0 Å². The number of nitrogens with one attached hydrogen (secondary N) is 1. The van der Waals surface area contributed by atoms with Crippen molar-refractivity contribution in [1.29, 1.82) is 0 Å². The molecule has 0 fully saturated rings. The molecule has 0 unspecified atom stereocenters. The van der Waals surface area contributed by atoms with Crippen LogP contribution in [0.3, 0.4) is 0 Å². The molecule has 124 valence electrons. The lowest BCUT2D eigenvalue weighted by atomic mass is 9.94. The minimum Gasteiger partial charge on any atom is -0.340 e. The van der Waals surface area contributed by atoms with Gasteiger partial charge in [0, 0.05) is 25.4 Å². The summed E-state index contributed by atoms with van der Waals surface area (Å²) >= 11 is 0. The summed E-state index contributed by atoms with van der Waals surface area (Å²) in [7, 11) is 3.17. The van der Waals surface area contributed by atoms with Gasteiger partial charge in [-0.2, -0.15) is 0 Å². The van der Waals surface area contributed by atoms with E-state index in [2.05, 4.69) is 5.32 Å². The minimum atomic E-state index is -0.354. The summed E-state index contributed by atoms with van der Waals surface area (Å²) in [5, 5.41) is 3.27. The molecule has 5 heteroatoms. The van der Waals surface area contributed by atoms with E-state index in [1.54, 1.807) is 7.05 Å². The molecule has 1 aliphatic carbocycles. The van der Waals surface area contributed by atoms with E-state index in [1.807, 2.05) is 60.7 Å². The molecule has 0 atom stereocenters. The van der Waals surface area contributed by atoms with Crippen LogP contribution in [-0.2, 0) is 14.1 Å². The van der Waals surface area contributed by atoms with Crippen LogP contribution >= 0.6 is 0 Å². The predicted molar refractivity (Wildman–Crippen MR) is 99.4 cm³/mol. The fraction of sp³-hybridized carbons (Fsp3) is 0.100. The van der Waals surface area contributed by atoms with Crippen LogP contribution in [0.4, 0.5) is 5.82 Å². The summed E-state index contributed by atoms with van der Waals surface area (Å²) in [6.07, 6.45) is 9.87. The van der Waals surface area contributed by atoms with Crippen molar-refractivity contribution in [3.05, 3.63) is 104 Å². The number of hydrogen-bond donors (Lipinski definition) is 1. The van der Waals surface area contributed by atoms with Crippen molar-refractivity contribution in [3.8, 4) is 0 Å². The van der Waals surface area contributed by atoms with Crippen LogP contribution in [0.2, 0.25) is 0 Å². The standard InChI is InChI=1S/C20H17N3O2/c1-22-18-17(19(24)23(2)20(22)25)15(13-8-4-3-5-9-13)12-16(21-18)14-10-6-7-11-14/h3-12,21H,1-2H3. The van der Waals surface area contributed by atoms with Gasteiger partial charge in [-0.25, -0.2) is 4.79 Å². The number of hydrogen-bond acceptors (Lipinski definition) is 3. The quantitative estimate of drug-likeness (QED) is 0.872. The molecular formula is C20H17N3O2. The lowest BCUT2D eigenvalue weighted by Crippen LogP contribution is -2.41. The molecule has 0 bridgehead atoms. The van der Waals surface area contributed by atoms with E-state index in [0.29, 0.717) is 11.4 Å². The summed E-state index contributed by atoms with van der Waals surface area (Å²) in [4.78, 5) is 25.2. The van der Waals surface area contributed by atoms with E-state index in [-0.39, 0.29) is 11.2 Å². The van der Waals surface area contributed by atoms with Gasteiger partial charge >= 0.3 is 5.69 Å². The van der Waals surface area contributed by atoms with Gasteiger partial charge in [-0.3, -0.25) is 13.9 Å². The summed E-state index contributed by atoms with van der Waals surface area (Å²) in [6, 6.07) is 9.74. The molecule has 2 aliphatic rings. The van der Waals surface area contributed by atoms with E-state index in [4.69, 9.17) is 0 Å². The van der Waals surface area contributed by atoms with Crippen molar-refractivity contribution in [2.24, 2.45) is 14.1 Å². The van der Waals surface area contributed by atoms with E-state index < -0.39 is 0 Å². The Kier molecular flexibility index (Phi) is 3.42. The highest BCUT2D eigenvalue weighted by atomic mass is 16.2. The molecule has 4 rings (SSSR count). The Bertz CT molecular complexity index is 1100. The zero-order chi connectivity index (χ0) is 17.6. The second-order valence-corrected chi connectivity index (χ2v) is 6.07. The van der Waals surface area contributed by atoms with Crippen LogP contribution in [0.1, 0.15) is 11.1 Å². The first-order valence-electron chi connectivity index (χ1n) is 8.01. The number of rotatable bonds is 1. The molecule has 0 radical (unpaired) electrons. The molecule has 2 aromatic rings. The smallest absolute Gasteiger partial charge is 0.332 e. The topological polar surface area (TPSA) is 56.0 Å². The second kappa shape index (κ2) is 5.63. The maximum Gasteiger partial charge on any atom is 0.332 e. The number of anilines is 1. The number of aromatic nitrogens is 2. The van der Waals surface area contributed by atoms with Crippen molar-refractivity contribution in [3.63, 3.8) is 0 Å². The minimum absolute atomic E-state index is 0.303. The molecule has 1 N–H and O–H groups in total. The molecule has 2 heterocycles. The first-order chi connectivity index (χ1) is 12.1. The average Bonchev–Trinajstić information content (AvgIpc) is 3.19. The molecule has 1 aromatic heterocycles. The Balaban J connectivity index is 2.09. The van der Waals surface area contributed by atoms with Gasteiger partial charge in [0.1, 0.15) is 5.82 Å². The van der Waals surface area contributed by atoms with Crippen LogP contribution in [0.15, 0.2) is 81.6 Å².